The highest BCUT2D eigenvalue weighted by atomic mass is 16.5. The van der Waals surface area contributed by atoms with E-state index in [-0.39, 0.29) is 5.56 Å². The summed E-state index contributed by atoms with van der Waals surface area (Å²) in [6.07, 6.45) is 0. The topological polar surface area (TPSA) is 98.9 Å². The van der Waals surface area contributed by atoms with E-state index in [1.807, 2.05) is 0 Å². The van der Waals surface area contributed by atoms with Gasteiger partial charge in [-0.1, -0.05) is 0 Å². The molecule has 1 atom stereocenters. The van der Waals surface area contributed by atoms with Crippen LogP contribution in [0.15, 0.2) is 18.2 Å². The third-order valence-corrected chi connectivity index (χ3v) is 2.22. The minimum absolute atomic E-state index is 0.164. The van der Waals surface area contributed by atoms with Crippen LogP contribution < -0.4 is 15.2 Å². The van der Waals surface area contributed by atoms with Gasteiger partial charge in [0, 0.05) is 5.56 Å². The Kier molecular flexibility index (Phi) is 4.06. The van der Waals surface area contributed by atoms with Gasteiger partial charge in [-0.25, -0.2) is 0 Å². The monoisotopic (exact) mass is 239 g/mol. The minimum Gasteiger partial charge on any atom is -0.493 e. The quantitative estimate of drug-likeness (QED) is 0.566. The van der Waals surface area contributed by atoms with Crippen molar-refractivity contribution in [2.45, 2.75) is 6.04 Å². The van der Waals surface area contributed by atoms with Crippen molar-refractivity contribution >= 4 is 11.8 Å². The van der Waals surface area contributed by atoms with Crippen LogP contribution in [-0.4, -0.2) is 37.1 Å². The molecule has 0 aromatic heterocycles. The van der Waals surface area contributed by atoms with E-state index in [0.29, 0.717) is 11.5 Å². The Balaban J connectivity index is 3.08. The molecule has 0 amide bonds. The number of methoxy groups -OCH3 is 2. The highest BCUT2D eigenvalue weighted by Crippen LogP contribution is 2.27. The fourth-order valence-electron chi connectivity index (χ4n) is 1.28. The first-order valence-electron chi connectivity index (χ1n) is 4.76. The summed E-state index contributed by atoms with van der Waals surface area (Å²) in [4.78, 5) is 22.2. The molecule has 0 saturated carbocycles. The van der Waals surface area contributed by atoms with Crippen LogP contribution in [0.4, 0.5) is 0 Å². The first-order valence-corrected chi connectivity index (χ1v) is 4.76. The van der Waals surface area contributed by atoms with Crippen LogP contribution in [0.25, 0.3) is 0 Å². The highest BCUT2D eigenvalue weighted by molar-refractivity contribution is 6.11. The van der Waals surface area contributed by atoms with Crippen LogP contribution in [0.3, 0.4) is 0 Å². The number of carbonyl (C=O) groups is 2. The summed E-state index contributed by atoms with van der Waals surface area (Å²) >= 11 is 0. The maximum Gasteiger partial charge on any atom is 0.328 e. The summed E-state index contributed by atoms with van der Waals surface area (Å²) in [6, 6.07) is 2.77. The second-order valence-corrected chi connectivity index (χ2v) is 3.25. The van der Waals surface area contributed by atoms with Crippen LogP contribution in [0.2, 0.25) is 0 Å². The smallest absolute Gasteiger partial charge is 0.328 e. The number of carboxylic acid groups (broad SMARTS) is 1. The summed E-state index contributed by atoms with van der Waals surface area (Å²) in [5, 5.41) is 8.64. The number of hydrogen-bond acceptors (Lipinski definition) is 5. The molecule has 6 nitrogen and oxygen atoms in total. The lowest BCUT2D eigenvalue weighted by Gasteiger charge is -2.10. The van der Waals surface area contributed by atoms with Crippen molar-refractivity contribution in [3.63, 3.8) is 0 Å². The lowest BCUT2D eigenvalue weighted by molar-refractivity contribution is -0.137. The number of ketones is 1. The molecule has 1 aromatic carbocycles. The third kappa shape index (κ3) is 2.73. The molecule has 17 heavy (non-hydrogen) atoms. The zero-order valence-corrected chi connectivity index (χ0v) is 9.47. The molecule has 6 heteroatoms. The molecular formula is C11H13NO5. The van der Waals surface area contributed by atoms with Gasteiger partial charge in [0.05, 0.1) is 14.2 Å². The molecule has 0 aliphatic rings. The standard InChI is InChI=1S/C11H13NO5/c1-16-7-4-3-6(5-8(7)17-2)10(13)9(12)11(14)15/h3-5,9H,12H2,1-2H3,(H,14,15). The molecule has 0 aliphatic carbocycles. The Morgan fingerprint density at radius 2 is 1.82 bits per heavy atom. The number of hydrogen-bond donors (Lipinski definition) is 2. The molecule has 1 rings (SSSR count). The fourth-order valence-corrected chi connectivity index (χ4v) is 1.28. The van der Waals surface area contributed by atoms with Crippen molar-refractivity contribution in [3.8, 4) is 11.5 Å². The number of ether oxygens (including phenoxy) is 2. The van der Waals surface area contributed by atoms with Crippen molar-refractivity contribution < 1.29 is 24.2 Å². The first-order chi connectivity index (χ1) is 8.01. The molecule has 0 heterocycles. The maximum atomic E-state index is 11.7. The number of rotatable bonds is 5. The van der Waals surface area contributed by atoms with E-state index in [1.165, 1.54) is 32.4 Å². The van der Waals surface area contributed by atoms with Crippen molar-refractivity contribution in [1.82, 2.24) is 0 Å². The fraction of sp³-hybridized carbons (Fsp3) is 0.273. The van der Waals surface area contributed by atoms with Crippen molar-refractivity contribution in [3.05, 3.63) is 23.8 Å². The van der Waals surface area contributed by atoms with Gasteiger partial charge in [-0.15, -0.1) is 0 Å². The third-order valence-electron chi connectivity index (χ3n) is 2.22. The van der Waals surface area contributed by atoms with Gasteiger partial charge in [-0.3, -0.25) is 9.59 Å². The Morgan fingerprint density at radius 1 is 1.24 bits per heavy atom. The SMILES string of the molecule is COc1ccc(C(=O)C(N)C(=O)O)cc1OC. The molecule has 0 spiro atoms. The number of aliphatic carboxylic acids is 1. The Bertz CT molecular complexity index is 443. The zero-order valence-electron chi connectivity index (χ0n) is 9.47. The first kappa shape index (κ1) is 13.0. The molecule has 1 unspecified atom stereocenters. The lowest BCUT2D eigenvalue weighted by Crippen LogP contribution is -2.38. The van der Waals surface area contributed by atoms with E-state index < -0.39 is 17.8 Å². The normalized spacial score (nSPS) is 11.7. The number of carboxylic acids is 1. The summed E-state index contributed by atoms with van der Waals surface area (Å²) in [5.74, 6) is -1.26. The summed E-state index contributed by atoms with van der Waals surface area (Å²) in [7, 11) is 2.88. The number of carbonyl (C=O) groups excluding carboxylic acids is 1. The predicted octanol–water partition coefficient (Wildman–Crippen LogP) is 0.298. The van der Waals surface area contributed by atoms with Gasteiger partial charge in [-0.05, 0) is 18.2 Å². The molecule has 1 aromatic rings. The van der Waals surface area contributed by atoms with Gasteiger partial charge < -0.3 is 20.3 Å². The average Bonchev–Trinajstić information content (AvgIpc) is 2.35. The number of Topliss-reactive ketones (excluding diaryl/α,β-unsaturated/α-hetero) is 1. The van der Waals surface area contributed by atoms with E-state index >= 15 is 0 Å². The van der Waals surface area contributed by atoms with Crippen molar-refractivity contribution in [1.29, 1.82) is 0 Å². The number of nitrogens with two attached hydrogens (primary N) is 1. The van der Waals surface area contributed by atoms with Crippen LogP contribution >= 0.6 is 0 Å². The van der Waals surface area contributed by atoms with Crippen molar-refractivity contribution in [2.75, 3.05) is 14.2 Å². The van der Waals surface area contributed by atoms with E-state index in [4.69, 9.17) is 20.3 Å². The van der Waals surface area contributed by atoms with Crippen LogP contribution in [-0.2, 0) is 4.79 Å². The highest BCUT2D eigenvalue weighted by Gasteiger charge is 2.23. The molecular weight excluding hydrogens is 226 g/mol. The lowest BCUT2D eigenvalue weighted by atomic mass is 10.0. The van der Waals surface area contributed by atoms with Crippen LogP contribution in [0, 0.1) is 0 Å². The summed E-state index contributed by atoms with van der Waals surface area (Å²) < 4.78 is 10.00. The Hall–Kier alpha value is -2.08. The molecule has 3 N–H and O–H groups in total. The second kappa shape index (κ2) is 5.31. The van der Waals surface area contributed by atoms with Crippen LogP contribution in [0.5, 0.6) is 11.5 Å². The summed E-state index contributed by atoms with van der Waals surface area (Å²) in [6.45, 7) is 0. The van der Waals surface area contributed by atoms with Gasteiger partial charge in [0.1, 0.15) is 0 Å². The van der Waals surface area contributed by atoms with E-state index in [9.17, 15) is 9.59 Å². The van der Waals surface area contributed by atoms with Gasteiger partial charge in [-0.2, -0.15) is 0 Å². The van der Waals surface area contributed by atoms with E-state index in [2.05, 4.69) is 0 Å². The van der Waals surface area contributed by atoms with Gasteiger partial charge in [0.15, 0.2) is 23.3 Å². The molecule has 0 bridgehead atoms. The van der Waals surface area contributed by atoms with Gasteiger partial charge >= 0.3 is 5.97 Å². The zero-order chi connectivity index (χ0) is 13.0. The molecule has 0 radical (unpaired) electrons. The predicted molar refractivity (Wildman–Crippen MR) is 59.5 cm³/mol. The van der Waals surface area contributed by atoms with Crippen molar-refractivity contribution in [2.24, 2.45) is 5.73 Å². The van der Waals surface area contributed by atoms with Crippen LogP contribution in [0.1, 0.15) is 10.4 Å². The minimum atomic E-state index is -1.58. The molecule has 92 valence electrons. The van der Waals surface area contributed by atoms with Gasteiger partial charge in [0.25, 0.3) is 0 Å². The molecule has 0 fully saturated rings. The molecule has 0 saturated heterocycles. The number of benzene rings is 1. The van der Waals surface area contributed by atoms with E-state index in [1.54, 1.807) is 0 Å². The molecule has 0 aliphatic heterocycles. The van der Waals surface area contributed by atoms with Gasteiger partial charge in [0.2, 0.25) is 0 Å². The van der Waals surface area contributed by atoms with E-state index in [0.717, 1.165) is 0 Å². The Morgan fingerprint density at radius 3 is 2.29 bits per heavy atom. The maximum absolute atomic E-state index is 11.7. The average molecular weight is 239 g/mol. The second-order valence-electron chi connectivity index (χ2n) is 3.25. The largest absolute Gasteiger partial charge is 0.493 e. The Labute approximate surface area is 97.9 Å². The summed E-state index contributed by atoms with van der Waals surface area (Å²) in [5.41, 5.74) is 5.40.